The van der Waals surface area contributed by atoms with Crippen LogP contribution in [0.3, 0.4) is 0 Å². The third kappa shape index (κ3) is 5.08. The molecule has 0 radical (unpaired) electrons. The van der Waals surface area contributed by atoms with Gasteiger partial charge >= 0.3 is 5.97 Å². The zero-order valence-corrected chi connectivity index (χ0v) is 21.6. The molecule has 10 nitrogen and oxygen atoms in total. The second kappa shape index (κ2) is 9.71. The Bertz CT molecular complexity index is 1760. The molecule has 39 heavy (non-hydrogen) atoms. The molecule has 2 aliphatic rings. The summed E-state index contributed by atoms with van der Waals surface area (Å²) in [5.41, 5.74) is 2.16. The molecule has 0 saturated carbocycles. The summed E-state index contributed by atoms with van der Waals surface area (Å²) in [5.74, 6) is -1.45. The summed E-state index contributed by atoms with van der Waals surface area (Å²) < 4.78 is 7.50. The highest BCUT2D eigenvalue weighted by Gasteiger charge is 2.23. The minimum absolute atomic E-state index is 0.0409. The molecule has 0 saturated heterocycles. The molecule has 2 aromatic carbocycles. The number of benzene rings is 3. The van der Waals surface area contributed by atoms with E-state index in [1.807, 2.05) is 27.0 Å². The number of rotatable bonds is 6. The van der Waals surface area contributed by atoms with Crippen molar-refractivity contribution < 1.29 is 24.2 Å². The highest BCUT2D eigenvalue weighted by Crippen LogP contribution is 2.42. The minimum Gasteiger partial charge on any atom is -0.508 e. The topological polar surface area (TPSA) is 148 Å². The smallest absolute Gasteiger partial charge is 0.336 e. The lowest BCUT2D eigenvalue weighted by atomic mass is 9.90. The Kier molecular flexibility index (Phi) is 6.39. The Morgan fingerprint density at radius 1 is 1.03 bits per heavy atom. The quantitative estimate of drug-likeness (QED) is 0.278. The number of carboxylic acids is 1. The van der Waals surface area contributed by atoms with E-state index in [-0.39, 0.29) is 45.6 Å². The van der Waals surface area contributed by atoms with Crippen molar-refractivity contribution in [1.29, 1.82) is 0 Å². The van der Waals surface area contributed by atoms with Gasteiger partial charge in [0.15, 0.2) is 5.43 Å². The third-order valence-corrected chi connectivity index (χ3v) is 6.39. The third-order valence-electron chi connectivity index (χ3n) is 6.39. The van der Waals surface area contributed by atoms with Crippen LogP contribution in [0.1, 0.15) is 47.2 Å². The van der Waals surface area contributed by atoms with E-state index in [9.17, 15) is 24.6 Å². The minimum atomic E-state index is -1.22. The van der Waals surface area contributed by atoms with Crippen molar-refractivity contribution in [3.05, 3.63) is 87.8 Å². The number of aromatic hydroxyl groups is 1. The van der Waals surface area contributed by atoms with Crippen LogP contribution in [0.15, 0.2) is 70.0 Å². The van der Waals surface area contributed by atoms with Gasteiger partial charge in [-0.25, -0.2) is 4.79 Å². The number of nitrogens with zero attached hydrogens (tertiary/aromatic N) is 3. The summed E-state index contributed by atoms with van der Waals surface area (Å²) in [7, 11) is 0. The SMILES string of the molecule is CC(C)(C)c1cn(CCNC(=O)c2ccc(-c3c4ccc(=O)cc-4oc4cc(O)ccc34)c(C(=O)O)c2)nn1. The first-order chi connectivity index (χ1) is 18.5. The van der Waals surface area contributed by atoms with Crippen LogP contribution in [-0.2, 0) is 12.0 Å². The predicted molar refractivity (Wildman–Crippen MR) is 144 cm³/mol. The summed E-state index contributed by atoms with van der Waals surface area (Å²) >= 11 is 0. The molecular formula is C29H26N4O6. The van der Waals surface area contributed by atoms with E-state index < -0.39 is 11.9 Å². The number of amides is 1. The number of carbonyl (C=O) groups is 2. The van der Waals surface area contributed by atoms with Crippen molar-refractivity contribution in [2.24, 2.45) is 0 Å². The Morgan fingerprint density at radius 3 is 2.51 bits per heavy atom. The second-order valence-corrected chi connectivity index (χ2v) is 10.3. The van der Waals surface area contributed by atoms with Crippen LogP contribution in [0, 0.1) is 0 Å². The molecule has 2 heterocycles. The number of hydrogen-bond donors (Lipinski definition) is 3. The molecular weight excluding hydrogens is 500 g/mol. The lowest BCUT2D eigenvalue weighted by molar-refractivity contribution is 0.0697. The number of aromatic nitrogens is 3. The largest absolute Gasteiger partial charge is 0.508 e. The molecule has 3 aromatic rings. The number of aromatic carboxylic acids is 1. The first-order valence-electron chi connectivity index (χ1n) is 12.3. The molecule has 0 unspecified atom stereocenters. The lowest BCUT2D eigenvalue weighted by Gasteiger charge is -2.17. The fraction of sp³-hybridized carbons (Fsp3) is 0.207. The second-order valence-electron chi connectivity index (χ2n) is 10.3. The van der Waals surface area contributed by atoms with Crippen LogP contribution in [0.25, 0.3) is 33.4 Å². The number of nitrogens with one attached hydrogen (secondary N) is 1. The molecule has 0 atom stereocenters. The maximum Gasteiger partial charge on any atom is 0.336 e. The average Bonchev–Trinajstić information content (AvgIpc) is 3.36. The number of phenolic OH excluding ortho intramolecular Hbond substituents is 1. The molecule has 198 valence electrons. The van der Waals surface area contributed by atoms with Crippen molar-refractivity contribution in [3.63, 3.8) is 0 Å². The standard InChI is InChI=1S/C29H26N4O6/c1-29(2,3)25-15-33(32-31-25)11-10-30-27(36)16-4-7-19(22(12-16)28(37)38)26-20-8-5-17(34)13-23(20)39-24-14-18(35)6-9-21(24)26/h4-9,12-15,34H,10-11H2,1-3H3,(H,30,36)(H,37,38). The van der Waals surface area contributed by atoms with Crippen molar-refractivity contribution >= 4 is 22.8 Å². The zero-order valence-electron chi connectivity index (χ0n) is 21.6. The number of phenols is 1. The summed E-state index contributed by atoms with van der Waals surface area (Å²) in [5, 5.41) is 31.7. The van der Waals surface area contributed by atoms with E-state index in [1.165, 1.54) is 30.3 Å². The Balaban J connectivity index is 1.49. The Labute approximate surface area is 222 Å². The van der Waals surface area contributed by atoms with Crippen LogP contribution < -0.4 is 10.7 Å². The predicted octanol–water partition coefficient (Wildman–Crippen LogP) is 4.29. The molecule has 0 bridgehead atoms. The molecule has 0 fully saturated rings. The normalized spacial score (nSPS) is 11.7. The first-order valence-corrected chi connectivity index (χ1v) is 12.3. The van der Waals surface area contributed by atoms with Crippen LogP contribution >= 0.6 is 0 Å². The van der Waals surface area contributed by atoms with E-state index in [0.29, 0.717) is 28.6 Å². The van der Waals surface area contributed by atoms with Gasteiger partial charge in [0.1, 0.15) is 17.1 Å². The molecule has 1 amide bonds. The van der Waals surface area contributed by atoms with Crippen LogP contribution in [0.2, 0.25) is 0 Å². The first kappa shape index (κ1) is 25.7. The fourth-order valence-electron chi connectivity index (χ4n) is 4.37. The van der Waals surface area contributed by atoms with E-state index in [2.05, 4.69) is 15.6 Å². The molecule has 1 aliphatic heterocycles. The monoisotopic (exact) mass is 526 g/mol. The van der Waals surface area contributed by atoms with Gasteiger partial charge in [-0.15, -0.1) is 5.10 Å². The van der Waals surface area contributed by atoms with Crippen molar-refractivity contribution in [2.45, 2.75) is 32.7 Å². The number of carbonyl (C=O) groups excluding carboxylic acids is 1. The van der Waals surface area contributed by atoms with Crippen molar-refractivity contribution in [2.75, 3.05) is 6.54 Å². The molecule has 3 N–H and O–H groups in total. The summed E-state index contributed by atoms with van der Waals surface area (Å²) in [6.07, 6.45) is 1.83. The van der Waals surface area contributed by atoms with Gasteiger partial charge in [0.25, 0.3) is 5.91 Å². The van der Waals surface area contributed by atoms with Gasteiger partial charge in [0.2, 0.25) is 0 Å². The van der Waals surface area contributed by atoms with Gasteiger partial charge in [0, 0.05) is 52.4 Å². The number of fused-ring (bicyclic) bond motifs is 2. The van der Waals surface area contributed by atoms with Crippen molar-refractivity contribution in [3.8, 4) is 28.2 Å². The fourth-order valence-corrected chi connectivity index (χ4v) is 4.37. The average molecular weight is 527 g/mol. The Hall–Kier alpha value is -4.99. The van der Waals surface area contributed by atoms with Crippen LogP contribution in [0.4, 0.5) is 0 Å². The van der Waals surface area contributed by atoms with Gasteiger partial charge in [-0.2, -0.15) is 0 Å². The van der Waals surface area contributed by atoms with Crippen molar-refractivity contribution in [1.82, 2.24) is 20.3 Å². The van der Waals surface area contributed by atoms with Crippen LogP contribution in [0.5, 0.6) is 5.75 Å². The maximum atomic E-state index is 12.9. The highest BCUT2D eigenvalue weighted by molar-refractivity contribution is 6.09. The Morgan fingerprint density at radius 2 is 1.79 bits per heavy atom. The summed E-state index contributed by atoms with van der Waals surface area (Å²) in [4.78, 5) is 37.3. The van der Waals surface area contributed by atoms with Gasteiger partial charge in [-0.05, 0) is 42.0 Å². The van der Waals surface area contributed by atoms with E-state index in [0.717, 1.165) is 5.69 Å². The number of carboxylic acid groups (broad SMARTS) is 1. The molecule has 0 spiro atoms. The lowest BCUT2D eigenvalue weighted by Crippen LogP contribution is -2.27. The van der Waals surface area contributed by atoms with Gasteiger partial charge < -0.3 is 19.9 Å². The van der Waals surface area contributed by atoms with Crippen LogP contribution in [-0.4, -0.2) is 43.6 Å². The van der Waals surface area contributed by atoms with E-state index >= 15 is 0 Å². The molecule has 1 aliphatic carbocycles. The van der Waals surface area contributed by atoms with E-state index in [1.54, 1.807) is 28.9 Å². The summed E-state index contributed by atoms with van der Waals surface area (Å²) in [6, 6.07) is 13.2. The molecule has 10 heteroatoms. The summed E-state index contributed by atoms with van der Waals surface area (Å²) in [6.45, 7) is 6.78. The van der Waals surface area contributed by atoms with Gasteiger partial charge in [-0.3, -0.25) is 14.3 Å². The molecule has 1 aromatic heterocycles. The highest BCUT2D eigenvalue weighted by atomic mass is 16.4. The van der Waals surface area contributed by atoms with E-state index in [4.69, 9.17) is 4.42 Å². The van der Waals surface area contributed by atoms with Gasteiger partial charge in [-0.1, -0.05) is 32.1 Å². The van der Waals surface area contributed by atoms with Gasteiger partial charge in [0.05, 0.1) is 17.8 Å². The zero-order chi connectivity index (χ0) is 27.9. The number of hydrogen-bond acceptors (Lipinski definition) is 7. The maximum absolute atomic E-state index is 12.9. The molecule has 5 rings (SSSR count).